The quantitative estimate of drug-likeness (QED) is 0.442. The van der Waals surface area contributed by atoms with Gasteiger partial charge in [-0.25, -0.2) is 9.97 Å². The number of para-hydroxylation sites is 1. The molecule has 32 heavy (non-hydrogen) atoms. The number of amides is 1. The van der Waals surface area contributed by atoms with Crippen molar-refractivity contribution in [1.82, 2.24) is 14.6 Å². The molecule has 2 heterocycles. The van der Waals surface area contributed by atoms with Gasteiger partial charge in [0.05, 0.1) is 5.70 Å². The number of piperidine rings is 1. The molecule has 2 aromatic carbocycles. The lowest BCUT2D eigenvalue weighted by Crippen LogP contribution is -2.26. The van der Waals surface area contributed by atoms with Gasteiger partial charge in [-0.3, -0.25) is 9.46 Å². The molecule has 164 valence electrons. The third-order valence-corrected chi connectivity index (χ3v) is 6.02. The Morgan fingerprint density at radius 3 is 2.28 bits per heavy atom. The summed E-state index contributed by atoms with van der Waals surface area (Å²) in [7, 11) is 2.74. The molecule has 1 aromatic heterocycles. The number of primary amides is 1. The smallest absolute Gasteiger partial charge is 0.254 e. The molecule has 1 fully saturated rings. The maximum Gasteiger partial charge on any atom is 0.254 e. The lowest BCUT2D eigenvalue weighted by atomic mass is 9.94. The Hall–Kier alpha value is -3.28. The molecule has 8 heteroatoms. The Labute approximate surface area is 189 Å². The van der Waals surface area contributed by atoms with E-state index >= 15 is 0 Å². The van der Waals surface area contributed by atoms with Crippen molar-refractivity contribution < 1.29 is 9.53 Å². The average Bonchev–Trinajstić information content (AvgIpc) is 2.81. The van der Waals surface area contributed by atoms with Crippen LogP contribution in [-0.4, -0.2) is 33.6 Å². The zero-order valence-electron chi connectivity index (χ0n) is 17.6. The Morgan fingerprint density at radius 2 is 1.62 bits per heavy atom. The molecule has 0 aliphatic carbocycles. The van der Waals surface area contributed by atoms with E-state index in [-0.39, 0.29) is 17.1 Å². The molecule has 1 atom stereocenters. The van der Waals surface area contributed by atoms with Crippen molar-refractivity contribution in [1.29, 1.82) is 0 Å². The molecular weight excluding hydrogens is 421 g/mol. The third-order valence-electron chi connectivity index (χ3n) is 5.51. The molecule has 1 aliphatic heterocycles. The van der Waals surface area contributed by atoms with Crippen LogP contribution in [0.15, 0.2) is 66.9 Å². The number of carbonyl (C=O) groups excluding carboxylic acids is 1. The number of nitrogens with two attached hydrogens (primary N) is 2. The topological polar surface area (TPSA) is 107 Å². The van der Waals surface area contributed by atoms with Gasteiger partial charge in [-0.2, -0.15) is 0 Å². The van der Waals surface area contributed by atoms with E-state index in [4.69, 9.17) is 16.2 Å². The predicted molar refractivity (Wildman–Crippen MR) is 128 cm³/mol. The van der Waals surface area contributed by atoms with Crippen LogP contribution in [0.4, 0.5) is 0 Å². The second kappa shape index (κ2) is 9.90. The molecule has 0 saturated carbocycles. The second-order valence-corrected chi connectivity index (χ2v) is 8.44. The monoisotopic (exact) mass is 447 g/mol. The standard InChI is InChI=1S/C24H26N5O2P/c25-22(17-6-8-19(9-7-17)31-18-4-2-1-3-5-18)21(23(26)30)24-27-13-10-20(28-24)16-11-14-29(32)15-12-16/h1-10,13,16H,11-12,14-15,25,32H2,(H2,26,30). The van der Waals surface area contributed by atoms with Gasteiger partial charge < -0.3 is 16.2 Å². The summed E-state index contributed by atoms with van der Waals surface area (Å²) >= 11 is 0. The zero-order valence-corrected chi connectivity index (χ0v) is 18.8. The van der Waals surface area contributed by atoms with E-state index in [0.717, 1.165) is 37.4 Å². The normalized spacial score (nSPS) is 15.8. The minimum Gasteiger partial charge on any atom is -0.457 e. The maximum atomic E-state index is 12.3. The van der Waals surface area contributed by atoms with E-state index in [1.165, 1.54) is 0 Å². The lowest BCUT2D eigenvalue weighted by Gasteiger charge is -2.28. The minimum absolute atomic E-state index is 0.118. The summed E-state index contributed by atoms with van der Waals surface area (Å²) in [5, 5.41) is 0. The number of nitrogens with zero attached hydrogens (tertiary/aromatic N) is 3. The molecule has 4 N–H and O–H groups in total. The van der Waals surface area contributed by atoms with Crippen molar-refractivity contribution in [3.05, 3.63) is 83.9 Å². The minimum atomic E-state index is -0.663. The lowest BCUT2D eigenvalue weighted by molar-refractivity contribution is -0.112. The Morgan fingerprint density at radius 1 is 0.969 bits per heavy atom. The van der Waals surface area contributed by atoms with Gasteiger partial charge in [0.1, 0.15) is 17.1 Å². The van der Waals surface area contributed by atoms with Crippen LogP contribution in [-0.2, 0) is 4.79 Å². The molecule has 1 amide bonds. The zero-order chi connectivity index (χ0) is 22.5. The van der Waals surface area contributed by atoms with Crippen LogP contribution in [0, 0.1) is 0 Å². The Balaban J connectivity index is 1.61. The average molecular weight is 447 g/mol. The highest BCUT2D eigenvalue weighted by atomic mass is 31.0. The highest BCUT2D eigenvalue weighted by Gasteiger charge is 2.23. The van der Waals surface area contributed by atoms with Crippen molar-refractivity contribution in [3.8, 4) is 11.5 Å². The van der Waals surface area contributed by atoms with E-state index in [1.807, 2.05) is 36.4 Å². The fraction of sp³-hybridized carbons (Fsp3) is 0.208. The van der Waals surface area contributed by atoms with Crippen LogP contribution < -0.4 is 16.2 Å². The van der Waals surface area contributed by atoms with E-state index < -0.39 is 5.91 Å². The number of rotatable bonds is 6. The fourth-order valence-electron chi connectivity index (χ4n) is 3.75. The summed E-state index contributed by atoms with van der Waals surface area (Å²) in [6, 6.07) is 18.5. The summed E-state index contributed by atoms with van der Waals surface area (Å²) in [4.78, 5) is 21.3. The van der Waals surface area contributed by atoms with Gasteiger partial charge in [-0.05, 0) is 60.9 Å². The highest BCUT2D eigenvalue weighted by molar-refractivity contribution is 7.13. The second-order valence-electron chi connectivity index (χ2n) is 7.71. The number of aromatic nitrogens is 2. The number of carbonyl (C=O) groups is 1. The van der Waals surface area contributed by atoms with Gasteiger partial charge in [0, 0.05) is 30.9 Å². The number of ether oxygens (including phenoxy) is 1. The first-order chi connectivity index (χ1) is 15.5. The first-order valence-electron chi connectivity index (χ1n) is 10.5. The molecule has 0 spiro atoms. The van der Waals surface area contributed by atoms with Crippen molar-refractivity contribution in [2.75, 3.05) is 13.1 Å². The number of hydrogen-bond donors (Lipinski definition) is 2. The van der Waals surface area contributed by atoms with Gasteiger partial charge >= 0.3 is 0 Å². The molecule has 1 unspecified atom stereocenters. The Kier molecular flexibility index (Phi) is 6.78. The van der Waals surface area contributed by atoms with Crippen LogP contribution >= 0.6 is 9.39 Å². The Bertz CT molecular complexity index is 1110. The molecule has 1 saturated heterocycles. The van der Waals surface area contributed by atoms with Gasteiger partial charge in [-0.1, -0.05) is 27.6 Å². The van der Waals surface area contributed by atoms with Gasteiger partial charge in [-0.15, -0.1) is 0 Å². The van der Waals surface area contributed by atoms with Crippen LogP contribution in [0.1, 0.15) is 35.8 Å². The molecular formula is C24H26N5O2P. The highest BCUT2D eigenvalue weighted by Crippen LogP contribution is 2.29. The first-order valence-corrected chi connectivity index (χ1v) is 11.0. The van der Waals surface area contributed by atoms with Gasteiger partial charge in [0.25, 0.3) is 5.91 Å². The van der Waals surface area contributed by atoms with E-state index in [0.29, 0.717) is 17.2 Å². The molecule has 4 rings (SSSR count). The van der Waals surface area contributed by atoms with Gasteiger partial charge in [0.15, 0.2) is 5.82 Å². The van der Waals surface area contributed by atoms with Crippen LogP contribution in [0.3, 0.4) is 0 Å². The van der Waals surface area contributed by atoms with Crippen LogP contribution in [0.5, 0.6) is 11.5 Å². The van der Waals surface area contributed by atoms with Crippen LogP contribution in [0.2, 0.25) is 0 Å². The SMILES string of the molecule is NC(=O)C(=C(N)c1ccc(Oc2ccccc2)cc1)c1nccc(C2CCN(P)CC2)n1. The largest absolute Gasteiger partial charge is 0.457 e. The molecule has 1 aliphatic rings. The predicted octanol–water partition coefficient (Wildman–Crippen LogP) is 3.55. The maximum absolute atomic E-state index is 12.3. The summed E-state index contributed by atoms with van der Waals surface area (Å²) in [6.45, 7) is 1.96. The summed E-state index contributed by atoms with van der Waals surface area (Å²) in [5.74, 6) is 1.30. The van der Waals surface area contributed by atoms with E-state index in [9.17, 15) is 4.79 Å². The van der Waals surface area contributed by atoms with Crippen molar-refractivity contribution >= 4 is 26.6 Å². The fourth-order valence-corrected chi connectivity index (χ4v) is 4.05. The van der Waals surface area contributed by atoms with Crippen molar-refractivity contribution in [3.63, 3.8) is 0 Å². The van der Waals surface area contributed by atoms with E-state index in [2.05, 4.69) is 24.0 Å². The molecule has 0 bridgehead atoms. The number of benzene rings is 2. The summed E-state index contributed by atoms with van der Waals surface area (Å²) < 4.78 is 8.04. The number of hydrogen-bond acceptors (Lipinski definition) is 6. The van der Waals surface area contributed by atoms with Crippen molar-refractivity contribution in [2.45, 2.75) is 18.8 Å². The molecule has 7 nitrogen and oxygen atoms in total. The van der Waals surface area contributed by atoms with Crippen molar-refractivity contribution in [2.24, 2.45) is 11.5 Å². The summed E-state index contributed by atoms with van der Waals surface area (Å²) in [6.07, 6.45) is 3.65. The van der Waals surface area contributed by atoms with Gasteiger partial charge in [0.2, 0.25) is 0 Å². The summed E-state index contributed by atoms with van der Waals surface area (Å²) in [5.41, 5.74) is 14.0. The van der Waals surface area contributed by atoms with Crippen LogP contribution in [0.25, 0.3) is 11.3 Å². The van der Waals surface area contributed by atoms with E-state index in [1.54, 1.807) is 30.5 Å². The third kappa shape index (κ3) is 5.13. The molecule has 3 aromatic rings. The first kappa shape index (κ1) is 21.9. The molecule has 0 radical (unpaired) electrons.